The maximum Gasteiger partial charge on any atom is 0.0362 e. The third-order valence-corrected chi connectivity index (χ3v) is 4.14. The minimum absolute atomic E-state index is 0.806. The zero-order chi connectivity index (χ0) is 13.7. The monoisotopic (exact) mass is 257 g/mol. The fourth-order valence-electron chi connectivity index (χ4n) is 3.26. The van der Waals surface area contributed by atoms with Gasteiger partial charge in [0.1, 0.15) is 0 Å². The van der Waals surface area contributed by atoms with Gasteiger partial charge in [-0.15, -0.1) is 6.58 Å². The first-order chi connectivity index (χ1) is 9.79. The number of nitrogens with two attached hydrogens (primary N) is 1. The Morgan fingerprint density at radius 1 is 0.900 bits per heavy atom. The van der Waals surface area contributed by atoms with Gasteiger partial charge in [0.25, 0.3) is 0 Å². The van der Waals surface area contributed by atoms with Crippen molar-refractivity contribution >= 4 is 38.0 Å². The molecule has 0 atom stereocenters. The van der Waals surface area contributed by atoms with E-state index in [0.29, 0.717) is 0 Å². The summed E-state index contributed by atoms with van der Waals surface area (Å²) in [6.45, 7) is 3.85. The van der Waals surface area contributed by atoms with Gasteiger partial charge in [-0.05, 0) is 50.4 Å². The zero-order valence-corrected chi connectivity index (χ0v) is 11.2. The van der Waals surface area contributed by atoms with Crippen molar-refractivity contribution in [1.82, 2.24) is 0 Å². The Morgan fingerprint density at radius 3 is 2.35 bits per heavy atom. The molecule has 20 heavy (non-hydrogen) atoms. The van der Waals surface area contributed by atoms with Gasteiger partial charge in [0, 0.05) is 5.69 Å². The summed E-state index contributed by atoms with van der Waals surface area (Å²) in [5.74, 6) is 0. The average Bonchev–Trinajstić information content (AvgIpc) is 2.47. The second-order valence-corrected chi connectivity index (χ2v) is 5.29. The van der Waals surface area contributed by atoms with E-state index in [0.717, 1.165) is 12.1 Å². The van der Waals surface area contributed by atoms with Crippen molar-refractivity contribution in [2.75, 3.05) is 5.73 Å². The van der Waals surface area contributed by atoms with Crippen LogP contribution in [-0.4, -0.2) is 0 Å². The Labute approximate surface area is 117 Å². The number of rotatable bonds is 2. The first-order valence-corrected chi connectivity index (χ1v) is 6.85. The third kappa shape index (κ3) is 1.38. The summed E-state index contributed by atoms with van der Waals surface area (Å²) in [5.41, 5.74) is 8.28. The van der Waals surface area contributed by atoms with E-state index in [4.69, 9.17) is 5.73 Å². The molecule has 0 unspecified atom stereocenters. The van der Waals surface area contributed by atoms with Crippen molar-refractivity contribution in [2.24, 2.45) is 0 Å². The molecule has 4 aromatic carbocycles. The number of benzene rings is 4. The van der Waals surface area contributed by atoms with Gasteiger partial charge >= 0.3 is 0 Å². The smallest absolute Gasteiger partial charge is 0.0362 e. The van der Waals surface area contributed by atoms with Crippen LogP contribution in [0.25, 0.3) is 32.3 Å². The molecule has 1 heteroatoms. The van der Waals surface area contributed by atoms with E-state index in [1.807, 2.05) is 6.08 Å². The molecule has 0 bridgehead atoms. The van der Waals surface area contributed by atoms with Crippen molar-refractivity contribution in [3.63, 3.8) is 0 Å². The van der Waals surface area contributed by atoms with Gasteiger partial charge < -0.3 is 5.73 Å². The molecule has 0 fully saturated rings. The molecule has 0 aliphatic rings. The molecule has 4 rings (SSSR count). The van der Waals surface area contributed by atoms with Crippen LogP contribution >= 0.6 is 0 Å². The van der Waals surface area contributed by atoms with Gasteiger partial charge in [-0.1, -0.05) is 48.5 Å². The van der Waals surface area contributed by atoms with Gasteiger partial charge in [0.2, 0.25) is 0 Å². The van der Waals surface area contributed by atoms with Gasteiger partial charge in [0.05, 0.1) is 0 Å². The number of allylic oxidation sites excluding steroid dienone is 1. The minimum atomic E-state index is 0.806. The molecule has 0 aromatic heterocycles. The standard InChI is InChI=1S/C19H15N/c1-2-4-15-16-10-9-13-6-3-5-12-7-8-14(11-17(15)20)19(16)18(12)13/h2-3,5-11H,1,4,20H2. The fourth-order valence-corrected chi connectivity index (χ4v) is 3.26. The van der Waals surface area contributed by atoms with E-state index < -0.39 is 0 Å². The Bertz CT molecular complexity index is 934. The maximum atomic E-state index is 6.23. The summed E-state index contributed by atoms with van der Waals surface area (Å²) in [6, 6.07) is 17.3. The van der Waals surface area contributed by atoms with Gasteiger partial charge in [-0.2, -0.15) is 0 Å². The molecular weight excluding hydrogens is 242 g/mol. The van der Waals surface area contributed by atoms with Crippen molar-refractivity contribution in [1.29, 1.82) is 0 Å². The topological polar surface area (TPSA) is 26.0 Å². The van der Waals surface area contributed by atoms with Crippen LogP contribution in [0.2, 0.25) is 0 Å². The van der Waals surface area contributed by atoms with Gasteiger partial charge in [-0.25, -0.2) is 0 Å². The van der Waals surface area contributed by atoms with Crippen molar-refractivity contribution < 1.29 is 0 Å². The number of anilines is 1. The Kier molecular flexibility index (Phi) is 2.25. The second-order valence-electron chi connectivity index (χ2n) is 5.29. The van der Waals surface area contributed by atoms with Crippen LogP contribution in [0.1, 0.15) is 5.56 Å². The van der Waals surface area contributed by atoms with Gasteiger partial charge in [0.15, 0.2) is 0 Å². The van der Waals surface area contributed by atoms with Gasteiger partial charge in [-0.3, -0.25) is 0 Å². The normalized spacial score (nSPS) is 11.6. The van der Waals surface area contributed by atoms with E-state index in [2.05, 4.69) is 55.1 Å². The summed E-state index contributed by atoms with van der Waals surface area (Å²) < 4.78 is 0. The van der Waals surface area contributed by atoms with E-state index in [1.54, 1.807) is 0 Å². The number of hydrogen-bond donors (Lipinski definition) is 1. The highest BCUT2D eigenvalue weighted by molar-refractivity contribution is 6.24. The first kappa shape index (κ1) is 11.3. The van der Waals surface area contributed by atoms with Crippen molar-refractivity contribution in [3.8, 4) is 0 Å². The summed E-state index contributed by atoms with van der Waals surface area (Å²) in [5, 5.41) is 7.71. The molecule has 1 nitrogen and oxygen atoms in total. The lowest BCUT2D eigenvalue weighted by atomic mass is 9.90. The summed E-state index contributed by atoms with van der Waals surface area (Å²) in [7, 11) is 0. The second kappa shape index (κ2) is 3.97. The van der Waals surface area contributed by atoms with E-state index in [9.17, 15) is 0 Å². The SMILES string of the molecule is C=CCc1c(N)cc2ccc3cccc4ccc1c2c34. The Morgan fingerprint density at radius 2 is 1.60 bits per heavy atom. The van der Waals surface area contributed by atoms with Crippen LogP contribution in [0.4, 0.5) is 5.69 Å². The lowest BCUT2D eigenvalue weighted by molar-refractivity contribution is 1.32. The van der Waals surface area contributed by atoms with Crippen LogP contribution < -0.4 is 5.73 Å². The molecule has 0 amide bonds. The Balaban J connectivity index is 2.32. The molecule has 96 valence electrons. The highest BCUT2D eigenvalue weighted by atomic mass is 14.6. The highest BCUT2D eigenvalue weighted by Gasteiger charge is 2.12. The van der Waals surface area contributed by atoms with Crippen LogP contribution in [0.3, 0.4) is 0 Å². The molecule has 4 aromatic rings. The molecule has 0 aliphatic heterocycles. The maximum absolute atomic E-state index is 6.23. The van der Waals surface area contributed by atoms with E-state index in [1.165, 1.54) is 37.9 Å². The average molecular weight is 257 g/mol. The van der Waals surface area contributed by atoms with Crippen LogP contribution in [0.15, 0.2) is 61.2 Å². The molecule has 0 saturated heterocycles. The van der Waals surface area contributed by atoms with Crippen LogP contribution in [-0.2, 0) is 6.42 Å². The molecule has 0 saturated carbocycles. The predicted octanol–water partition coefficient (Wildman–Crippen LogP) is 4.89. The Hall–Kier alpha value is -2.54. The molecule has 0 spiro atoms. The van der Waals surface area contributed by atoms with E-state index in [-0.39, 0.29) is 0 Å². The highest BCUT2D eigenvalue weighted by Crippen LogP contribution is 2.38. The van der Waals surface area contributed by atoms with Crippen molar-refractivity contribution in [2.45, 2.75) is 6.42 Å². The molecular formula is C19H15N. The molecule has 2 N–H and O–H groups in total. The van der Waals surface area contributed by atoms with E-state index >= 15 is 0 Å². The minimum Gasteiger partial charge on any atom is -0.398 e. The quantitative estimate of drug-likeness (QED) is 0.309. The summed E-state index contributed by atoms with van der Waals surface area (Å²) in [4.78, 5) is 0. The van der Waals surface area contributed by atoms with Crippen LogP contribution in [0.5, 0.6) is 0 Å². The fraction of sp³-hybridized carbons (Fsp3) is 0.0526. The van der Waals surface area contributed by atoms with Crippen molar-refractivity contribution in [3.05, 3.63) is 66.7 Å². The lowest BCUT2D eigenvalue weighted by Crippen LogP contribution is -1.96. The summed E-state index contributed by atoms with van der Waals surface area (Å²) in [6.07, 6.45) is 2.72. The molecule has 0 radical (unpaired) electrons. The van der Waals surface area contributed by atoms with Crippen LogP contribution in [0, 0.1) is 0 Å². The number of nitrogen functional groups attached to an aromatic ring is 1. The molecule has 0 aliphatic carbocycles. The largest absolute Gasteiger partial charge is 0.398 e. The lowest BCUT2D eigenvalue weighted by Gasteiger charge is -2.15. The zero-order valence-electron chi connectivity index (χ0n) is 11.2. The molecule has 0 heterocycles. The third-order valence-electron chi connectivity index (χ3n) is 4.14. The first-order valence-electron chi connectivity index (χ1n) is 6.85. The number of hydrogen-bond acceptors (Lipinski definition) is 1. The summed E-state index contributed by atoms with van der Waals surface area (Å²) >= 11 is 0. The predicted molar refractivity (Wildman–Crippen MR) is 88.5 cm³/mol.